The molecule has 0 atom stereocenters. The highest BCUT2D eigenvalue weighted by molar-refractivity contribution is 5.70. The molecule has 0 heterocycles. The van der Waals surface area contributed by atoms with E-state index in [-0.39, 0.29) is 12.1 Å². The van der Waals surface area contributed by atoms with Crippen LogP contribution in [0.4, 0.5) is 0 Å². The van der Waals surface area contributed by atoms with Gasteiger partial charge in [-0.1, -0.05) is 92.8 Å². The predicted octanol–water partition coefficient (Wildman–Crippen LogP) is 6.07. The summed E-state index contributed by atoms with van der Waals surface area (Å²) >= 11 is 0. The van der Waals surface area contributed by atoms with Crippen LogP contribution in [0, 0.1) is 5.92 Å². The molecule has 1 aliphatic rings. The summed E-state index contributed by atoms with van der Waals surface area (Å²) < 4.78 is 5.87. The van der Waals surface area contributed by atoms with Crippen LogP contribution in [-0.2, 0) is 9.53 Å². The van der Waals surface area contributed by atoms with Gasteiger partial charge in [-0.25, -0.2) is 0 Å². The van der Waals surface area contributed by atoms with E-state index in [1.165, 1.54) is 32.1 Å². The summed E-state index contributed by atoms with van der Waals surface area (Å²) in [4.78, 5) is 12.4. The van der Waals surface area contributed by atoms with Crippen molar-refractivity contribution in [2.75, 3.05) is 0 Å². The highest BCUT2D eigenvalue weighted by Crippen LogP contribution is 2.29. The Bertz CT molecular complexity index is 590. The van der Waals surface area contributed by atoms with Gasteiger partial charge in [-0.05, 0) is 29.9 Å². The van der Waals surface area contributed by atoms with Gasteiger partial charge in [0.05, 0.1) is 0 Å². The van der Waals surface area contributed by atoms with Crippen molar-refractivity contribution in [3.8, 4) is 0 Å². The van der Waals surface area contributed by atoms with Crippen molar-refractivity contribution in [3.05, 3.63) is 71.8 Å². The topological polar surface area (TPSA) is 26.3 Å². The summed E-state index contributed by atoms with van der Waals surface area (Å²) in [7, 11) is 0. The summed E-state index contributed by atoms with van der Waals surface area (Å²) in [6.45, 7) is 0. The number of benzene rings is 2. The van der Waals surface area contributed by atoms with Gasteiger partial charge in [0.15, 0.2) is 6.10 Å². The minimum Gasteiger partial charge on any atom is -0.453 e. The highest BCUT2D eigenvalue weighted by Gasteiger charge is 2.19. The van der Waals surface area contributed by atoms with Crippen molar-refractivity contribution < 1.29 is 9.53 Å². The molecule has 2 aromatic rings. The maximum Gasteiger partial charge on any atom is 0.306 e. The zero-order valence-electron chi connectivity index (χ0n) is 14.9. The Kier molecular flexibility index (Phi) is 6.67. The van der Waals surface area contributed by atoms with Crippen molar-refractivity contribution >= 4 is 5.97 Å². The number of ether oxygens (including phenoxy) is 1. The molecular weight excluding hydrogens is 308 g/mol. The lowest BCUT2D eigenvalue weighted by Gasteiger charge is -2.22. The lowest BCUT2D eigenvalue weighted by Crippen LogP contribution is -2.13. The SMILES string of the molecule is O=C(CCCC1CCCCC1)OC(c1ccccc1)c1ccccc1. The molecule has 2 aromatic carbocycles. The number of carbonyl (C=O) groups is 1. The molecule has 2 heteroatoms. The summed E-state index contributed by atoms with van der Waals surface area (Å²) in [5, 5.41) is 0. The van der Waals surface area contributed by atoms with Crippen LogP contribution in [0.2, 0.25) is 0 Å². The Morgan fingerprint density at radius 2 is 1.44 bits per heavy atom. The van der Waals surface area contributed by atoms with Crippen LogP contribution >= 0.6 is 0 Å². The van der Waals surface area contributed by atoms with Gasteiger partial charge in [0.25, 0.3) is 0 Å². The summed E-state index contributed by atoms with van der Waals surface area (Å²) in [5.74, 6) is 0.731. The molecule has 1 aliphatic carbocycles. The Hall–Kier alpha value is -2.09. The number of esters is 1. The second-order valence-corrected chi connectivity index (χ2v) is 7.09. The summed E-state index contributed by atoms with van der Waals surface area (Å²) in [5.41, 5.74) is 2.05. The fourth-order valence-electron chi connectivity index (χ4n) is 3.79. The van der Waals surface area contributed by atoms with Crippen LogP contribution in [0.25, 0.3) is 0 Å². The van der Waals surface area contributed by atoms with Crippen LogP contribution in [0.1, 0.15) is 68.6 Å². The minimum absolute atomic E-state index is 0.0893. The number of carbonyl (C=O) groups excluding carboxylic acids is 1. The van der Waals surface area contributed by atoms with Gasteiger partial charge in [-0.3, -0.25) is 4.79 Å². The first-order valence-electron chi connectivity index (χ1n) is 9.62. The maximum atomic E-state index is 12.4. The normalized spacial score (nSPS) is 15.2. The van der Waals surface area contributed by atoms with Gasteiger partial charge >= 0.3 is 5.97 Å². The molecule has 0 amide bonds. The minimum atomic E-state index is -0.315. The van der Waals surface area contributed by atoms with Crippen molar-refractivity contribution in [1.82, 2.24) is 0 Å². The average molecular weight is 336 g/mol. The molecule has 2 nitrogen and oxygen atoms in total. The highest BCUT2D eigenvalue weighted by atomic mass is 16.5. The van der Waals surface area contributed by atoms with Gasteiger partial charge in [0.1, 0.15) is 0 Å². The van der Waals surface area contributed by atoms with Gasteiger partial charge in [-0.2, -0.15) is 0 Å². The summed E-state index contributed by atoms with van der Waals surface area (Å²) in [6.07, 6.45) is 9.09. The van der Waals surface area contributed by atoms with E-state index in [0.29, 0.717) is 6.42 Å². The van der Waals surface area contributed by atoms with Crippen LogP contribution in [0.3, 0.4) is 0 Å². The smallest absolute Gasteiger partial charge is 0.306 e. The van der Waals surface area contributed by atoms with Crippen LogP contribution < -0.4 is 0 Å². The Labute approximate surface area is 151 Å². The summed E-state index contributed by atoms with van der Waals surface area (Å²) in [6, 6.07) is 20.0. The largest absolute Gasteiger partial charge is 0.453 e. The second-order valence-electron chi connectivity index (χ2n) is 7.09. The lowest BCUT2D eigenvalue weighted by atomic mass is 9.86. The first-order valence-corrected chi connectivity index (χ1v) is 9.62. The third-order valence-corrected chi connectivity index (χ3v) is 5.17. The van der Waals surface area contributed by atoms with E-state index in [9.17, 15) is 4.79 Å². The number of rotatable bonds is 7. The van der Waals surface area contributed by atoms with E-state index >= 15 is 0 Å². The fraction of sp³-hybridized carbons (Fsp3) is 0.435. The van der Waals surface area contributed by atoms with Crippen molar-refractivity contribution in [2.45, 2.75) is 57.5 Å². The molecule has 0 radical (unpaired) electrons. The van der Waals surface area contributed by atoms with Crippen LogP contribution in [0.5, 0.6) is 0 Å². The van der Waals surface area contributed by atoms with E-state index in [1.807, 2.05) is 60.7 Å². The van der Waals surface area contributed by atoms with Gasteiger partial charge in [-0.15, -0.1) is 0 Å². The second kappa shape index (κ2) is 9.41. The van der Waals surface area contributed by atoms with Crippen molar-refractivity contribution in [1.29, 1.82) is 0 Å². The predicted molar refractivity (Wildman–Crippen MR) is 101 cm³/mol. The molecule has 25 heavy (non-hydrogen) atoms. The average Bonchev–Trinajstić information content (AvgIpc) is 2.68. The number of hydrogen-bond acceptors (Lipinski definition) is 2. The lowest BCUT2D eigenvalue weighted by molar-refractivity contribution is -0.147. The third kappa shape index (κ3) is 5.45. The molecule has 0 spiro atoms. The molecule has 132 valence electrons. The van der Waals surface area contributed by atoms with Gasteiger partial charge in [0, 0.05) is 6.42 Å². The third-order valence-electron chi connectivity index (χ3n) is 5.17. The molecule has 3 rings (SSSR count). The standard InChI is InChI=1S/C23H28O2/c24-22(18-10-13-19-11-4-1-5-12-19)25-23(20-14-6-2-7-15-20)21-16-8-3-9-17-21/h2-3,6-9,14-17,19,23H,1,4-5,10-13,18H2. The monoisotopic (exact) mass is 336 g/mol. The van der Waals surface area contributed by atoms with Crippen molar-refractivity contribution in [2.24, 2.45) is 5.92 Å². The van der Waals surface area contributed by atoms with Gasteiger partial charge in [0.2, 0.25) is 0 Å². The molecule has 0 aromatic heterocycles. The Morgan fingerprint density at radius 1 is 0.880 bits per heavy atom. The molecule has 1 fully saturated rings. The van der Waals surface area contributed by atoms with Crippen molar-refractivity contribution in [3.63, 3.8) is 0 Å². The van der Waals surface area contributed by atoms with Gasteiger partial charge < -0.3 is 4.74 Å². The molecule has 0 bridgehead atoms. The fourth-order valence-corrected chi connectivity index (χ4v) is 3.79. The van der Waals surface area contributed by atoms with E-state index < -0.39 is 0 Å². The first kappa shape index (κ1) is 17.7. The van der Waals surface area contributed by atoms with E-state index in [4.69, 9.17) is 4.74 Å². The van der Waals surface area contributed by atoms with Crippen LogP contribution in [-0.4, -0.2) is 5.97 Å². The first-order chi connectivity index (χ1) is 12.3. The molecule has 1 saturated carbocycles. The van der Waals surface area contributed by atoms with E-state index in [2.05, 4.69) is 0 Å². The number of hydrogen-bond donors (Lipinski definition) is 0. The zero-order valence-corrected chi connectivity index (χ0v) is 14.9. The molecule has 0 unspecified atom stereocenters. The quantitative estimate of drug-likeness (QED) is 0.574. The molecular formula is C23H28O2. The van der Waals surface area contributed by atoms with E-state index in [1.54, 1.807) is 0 Å². The zero-order chi connectivity index (χ0) is 17.3. The Morgan fingerprint density at radius 3 is 2.00 bits per heavy atom. The van der Waals surface area contributed by atoms with E-state index in [0.717, 1.165) is 29.9 Å². The Balaban J connectivity index is 1.57. The van der Waals surface area contributed by atoms with Crippen LogP contribution in [0.15, 0.2) is 60.7 Å². The molecule has 0 N–H and O–H groups in total. The maximum absolute atomic E-state index is 12.4. The molecule has 0 saturated heterocycles. The molecule has 0 aliphatic heterocycles.